The van der Waals surface area contributed by atoms with Gasteiger partial charge in [-0.05, 0) is 19.1 Å². The van der Waals surface area contributed by atoms with Crippen LogP contribution in [0.25, 0.3) is 0 Å². The van der Waals surface area contributed by atoms with Crippen LogP contribution in [0.15, 0.2) is 38.4 Å². The fourth-order valence-corrected chi connectivity index (χ4v) is 2.89. The van der Waals surface area contributed by atoms with Crippen LogP contribution >= 0.6 is 23.4 Å². The smallest absolute Gasteiger partial charge is 0.277 e. The van der Waals surface area contributed by atoms with Crippen LogP contribution in [0.4, 0.5) is 10.2 Å². The highest BCUT2D eigenvalue weighted by molar-refractivity contribution is 7.99. The third kappa shape index (κ3) is 5.08. The number of hydrogen-bond acceptors (Lipinski definition) is 8. The van der Waals surface area contributed by atoms with Crippen LogP contribution in [-0.2, 0) is 11.3 Å². The maximum absolute atomic E-state index is 13.7. The third-order valence-electron chi connectivity index (χ3n) is 3.26. The van der Waals surface area contributed by atoms with Crippen molar-refractivity contribution in [1.82, 2.24) is 20.7 Å². The summed E-state index contributed by atoms with van der Waals surface area (Å²) in [5, 5.41) is 16.3. The van der Waals surface area contributed by atoms with Gasteiger partial charge in [0.15, 0.2) is 5.82 Å². The molecule has 2 aromatic heterocycles. The Hall–Kier alpha value is -2.92. The van der Waals surface area contributed by atoms with Crippen LogP contribution in [0, 0.1) is 12.7 Å². The number of benzene rings is 1. The molecule has 0 atom stereocenters. The van der Waals surface area contributed by atoms with E-state index in [-0.39, 0.29) is 39.9 Å². The molecule has 0 saturated carbocycles. The maximum Gasteiger partial charge on any atom is 0.277 e. The number of amides is 2. The SMILES string of the molecule is Cc1cc(NC(=O)CSc2nnc(CNC(=O)c3c(F)cccc3Cl)o2)no1. The number of aryl methyl sites for hydroxylation is 1. The van der Waals surface area contributed by atoms with Crippen molar-refractivity contribution in [2.75, 3.05) is 11.1 Å². The zero-order valence-corrected chi connectivity index (χ0v) is 15.9. The summed E-state index contributed by atoms with van der Waals surface area (Å²) in [6, 6.07) is 5.52. The molecular formula is C16H13ClFN5O4S. The molecule has 2 amide bonds. The summed E-state index contributed by atoms with van der Waals surface area (Å²) in [7, 11) is 0. The molecule has 0 aliphatic rings. The highest BCUT2D eigenvalue weighted by atomic mass is 35.5. The number of nitrogens with one attached hydrogen (secondary N) is 2. The molecule has 2 heterocycles. The van der Waals surface area contributed by atoms with Crippen LogP contribution in [0.5, 0.6) is 0 Å². The predicted molar refractivity (Wildman–Crippen MR) is 97.5 cm³/mol. The first-order valence-corrected chi connectivity index (χ1v) is 9.19. The van der Waals surface area contributed by atoms with E-state index in [2.05, 4.69) is 26.0 Å². The highest BCUT2D eigenvalue weighted by Gasteiger charge is 2.17. The van der Waals surface area contributed by atoms with E-state index >= 15 is 0 Å². The second kappa shape index (κ2) is 8.85. The Labute approximate surface area is 167 Å². The van der Waals surface area contributed by atoms with Crippen molar-refractivity contribution in [2.24, 2.45) is 0 Å². The van der Waals surface area contributed by atoms with Crippen LogP contribution in [0.1, 0.15) is 22.0 Å². The predicted octanol–water partition coefficient (Wildman–Crippen LogP) is 2.82. The first-order chi connectivity index (χ1) is 13.4. The molecule has 0 spiro atoms. The lowest BCUT2D eigenvalue weighted by molar-refractivity contribution is -0.113. The normalized spacial score (nSPS) is 10.7. The number of nitrogens with zero attached hydrogens (tertiary/aromatic N) is 3. The Morgan fingerprint density at radius 2 is 2.14 bits per heavy atom. The van der Waals surface area contributed by atoms with Crippen LogP contribution in [0.2, 0.25) is 5.02 Å². The molecule has 3 aromatic rings. The first kappa shape index (κ1) is 19.8. The summed E-state index contributed by atoms with van der Waals surface area (Å²) in [5.41, 5.74) is -0.266. The molecule has 0 saturated heterocycles. The van der Waals surface area contributed by atoms with E-state index in [4.69, 9.17) is 20.5 Å². The van der Waals surface area contributed by atoms with E-state index in [0.717, 1.165) is 17.8 Å². The zero-order valence-electron chi connectivity index (χ0n) is 14.4. The number of hydrogen-bond donors (Lipinski definition) is 2. The van der Waals surface area contributed by atoms with Crippen molar-refractivity contribution in [2.45, 2.75) is 18.7 Å². The largest absolute Gasteiger partial charge is 0.414 e. The first-order valence-electron chi connectivity index (χ1n) is 7.83. The molecule has 0 aliphatic heterocycles. The molecule has 0 fully saturated rings. The summed E-state index contributed by atoms with van der Waals surface area (Å²) in [6.07, 6.45) is 0. The molecule has 0 bridgehead atoms. The summed E-state index contributed by atoms with van der Waals surface area (Å²) in [4.78, 5) is 23.9. The zero-order chi connectivity index (χ0) is 20.1. The molecule has 12 heteroatoms. The summed E-state index contributed by atoms with van der Waals surface area (Å²) < 4.78 is 23.9. The van der Waals surface area contributed by atoms with Crippen LogP contribution < -0.4 is 10.6 Å². The van der Waals surface area contributed by atoms with E-state index in [9.17, 15) is 14.0 Å². The monoisotopic (exact) mass is 425 g/mol. The van der Waals surface area contributed by atoms with Crippen LogP contribution in [-0.4, -0.2) is 32.9 Å². The Kier molecular flexibility index (Phi) is 6.26. The number of rotatable bonds is 7. The molecule has 9 nitrogen and oxygen atoms in total. The van der Waals surface area contributed by atoms with Gasteiger partial charge in [-0.25, -0.2) is 4.39 Å². The average Bonchev–Trinajstić information content (AvgIpc) is 3.27. The van der Waals surface area contributed by atoms with Gasteiger partial charge >= 0.3 is 0 Å². The lowest BCUT2D eigenvalue weighted by atomic mass is 10.2. The molecule has 3 rings (SSSR count). The number of carbonyl (C=O) groups excluding carboxylic acids is 2. The van der Waals surface area contributed by atoms with Gasteiger partial charge in [0.1, 0.15) is 11.6 Å². The molecule has 1 aromatic carbocycles. The fourth-order valence-electron chi connectivity index (χ4n) is 2.06. The quantitative estimate of drug-likeness (QED) is 0.554. The van der Waals surface area contributed by atoms with Gasteiger partial charge in [0.05, 0.1) is 22.9 Å². The second-order valence-corrected chi connectivity index (χ2v) is 6.73. The lowest BCUT2D eigenvalue weighted by Crippen LogP contribution is -2.24. The molecule has 0 aliphatic carbocycles. The lowest BCUT2D eigenvalue weighted by Gasteiger charge is -2.05. The van der Waals surface area contributed by atoms with Crippen molar-refractivity contribution in [3.63, 3.8) is 0 Å². The van der Waals surface area contributed by atoms with Gasteiger partial charge in [-0.3, -0.25) is 9.59 Å². The molecule has 146 valence electrons. The van der Waals surface area contributed by atoms with Gasteiger partial charge in [-0.1, -0.05) is 34.6 Å². The molecule has 28 heavy (non-hydrogen) atoms. The van der Waals surface area contributed by atoms with Gasteiger partial charge in [0.2, 0.25) is 11.8 Å². The highest BCUT2D eigenvalue weighted by Crippen LogP contribution is 2.19. The Morgan fingerprint density at radius 1 is 1.32 bits per heavy atom. The molecule has 0 radical (unpaired) electrons. The van der Waals surface area contributed by atoms with E-state index < -0.39 is 11.7 Å². The van der Waals surface area contributed by atoms with E-state index in [0.29, 0.717) is 11.6 Å². The molecule has 0 unspecified atom stereocenters. The van der Waals surface area contributed by atoms with Gasteiger partial charge < -0.3 is 19.6 Å². The topological polar surface area (TPSA) is 123 Å². The van der Waals surface area contributed by atoms with Gasteiger partial charge in [-0.15, -0.1) is 10.2 Å². The minimum absolute atomic E-state index is 0.00470. The minimum atomic E-state index is -0.736. The summed E-state index contributed by atoms with van der Waals surface area (Å²) >= 11 is 6.84. The number of halogens is 2. The van der Waals surface area contributed by atoms with Crippen LogP contribution in [0.3, 0.4) is 0 Å². The van der Waals surface area contributed by atoms with E-state index in [1.807, 2.05) is 0 Å². The number of aromatic nitrogens is 3. The second-order valence-electron chi connectivity index (χ2n) is 5.40. The standard InChI is InChI=1S/C16H13ClFN5O4S/c1-8-5-11(23-27-8)20-12(24)7-28-16-22-21-13(26-16)6-19-15(25)14-9(17)3-2-4-10(14)18/h2-5H,6-7H2,1H3,(H,19,25)(H,20,23,24). The van der Waals surface area contributed by atoms with Crippen molar-refractivity contribution in [3.05, 3.63) is 52.3 Å². The van der Waals surface area contributed by atoms with Crippen molar-refractivity contribution < 1.29 is 22.9 Å². The fraction of sp³-hybridized carbons (Fsp3) is 0.188. The van der Waals surface area contributed by atoms with Crippen molar-refractivity contribution >= 4 is 41.0 Å². The van der Waals surface area contributed by atoms with Gasteiger partial charge in [0, 0.05) is 6.07 Å². The van der Waals surface area contributed by atoms with Crippen molar-refractivity contribution in [3.8, 4) is 0 Å². The van der Waals surface area contributed by atoms with E-state index in [1.54, 1.807) is 13.0 Å². The maximum atomic E-state index is 13.7. The third-order valence-corrected chi connectivity index (χ3v) is 4.39. The number of thioether (sulfide) groups is 1. The van der Waals surface area contributed by atoms with Crippen molar-refractivity contribution in [1.29, 1.82) is 0 Å². The molecule has 2 N–H and O–H groups in total. The Balaban J connectivity index is 1.49. The number of anilines is 1. The minimum Gasteiger partial charge on any atom is -0.414 e. The summed E-state index contributed by atoms with van der Waals surface area (Å²) in [5.74, 6) is -0.800. The molecular weight excluding hydrogens is 413 g/mol. The van der Waals surface area contributed by atoms with Gasteiger partial charge in [0.25, 0.3) is 11.1 Å². The van der Waals surface area contributed by atoms with Gasteiger partial charge in [-0.2, -0.15) is 0 Å². The Bertz CT molecular complexity index is 988. The summed E-state index contributed by atoms with van der Waals surface area (Å²) in [6.45, 7) is 1.58. The Morgan fingerprint density at radius 3 is 2.86 bits per heavy atom. The average molecular weight is 426 g/mol. The number of carbonyl (C=O) groups is 2. The van der Waals surface area contributed by atoms with E-state index in [1.165, 1.54) is 12.1 Å².